The van der Waals surface area contributed by atoms with Gasteiger partial charge in [-0.1, -0.05) is 18.2 Å². The molecule has 0 spiro atoms. The predicted molar refractivity (Wildman–Crippen MR) is 95.1 cm³/mol. The van der Waals surface area contributed by atoms with Crippen LogP contribution in [0.1, 0.15) is 23.2 Å². The minimum atomic E-state index is 0.133. The Kier molecular flexibility index (Phi) is 3.91. The first-order valence-corrected chi connectivity index (χ1v) is 8.33. The van der Waals surface area contributed by atoms with Crippen molar-refractivity contribution in [1.29, 1.82) is 0 Å². The van der Waals surface area contributed by atoms with Gasteiger partial charge in [0, 0.05) is 35.8 Å². The fraction of sp³-hybridized carbons (Fsp3) is 0.263. The molecular weight excluding hydrogens is 300 g/mol. The molecule has 1 fully saturated rings. The number of hydrogen-bond acceptors (Lipinski definition) is 3. The maximum Gasteiger partial charge on any atom is 0.253 e. The zero-order valence-corrected chi connectivity index (χ0v) is 13.4. The highest BCUT2D eigenvalue weighted by atomic mass is 16.2. The van der Waals surface area contributed by atoms with Gasteiger partial charge in [-0.3, -0.25) is 9.89 Å². The van der Waals surface area contributed by atoms with Gasteiger partial charge in [0.25, 0.3) is 5.91 Å². The monoisotopic (exact) mass is 320 g/mol. The van der Waals surface area contributed by atoms with Gasteiger partial charge in [-0.2, -0.15) is 5.10 Å². The first-order valence-electron chi connectivity index (χ1n) is 8.33. The zero-order chi connectivity index (χ0) is 16.4. The van der Waals surface area contributed by atoms with Gasteiger partial charge in [0.2, 0.25) is 0 Å². The number of aromatic amines is 1. The summed E-state index contributed by atoms with van der Waals surface area (Å²) in [5.41, 5.74) is 2.93. The van der Waals surface area contributed by atoms with E-state index in [1.807, 2.05) is 47.5 Å². The van der Waals surface area contributed by atoms with Crippen LogP contribution in [-0.2, 0) is 0 Å². The van der Waals surface area contributed by atoms with E-state index in [4.69, 9.17) is 0 Å². The third kappa shape index (κ3) is 2.97. The van der Waals surface area contributed by atoms with Gasteiger partial charge in [-0.25, -0.2) is 0 Å². The molecule has 1 saturated heterocycles. The second kappa shape index (κ2) is 6.35. The molecule has 0 saturated carbocycles. The van der Waals surface area contributed by atoms with E-state index < -0.39 is 0 Å². The highest BCUT2D eigenvalue weighted by molar-refractivity contribution is 5.94. The number of fused-ring (bicyclic) bond motifs is 1. The molecule has 0 atom stereocenters. The van der Waals surface area contributed by atoms with Crippen LogP contribution in [0.2, 0.25) is 0 Å². The molecule has 0 bridgehead atoms. The summed E-state index contributed by atoms with van der Waals surface area (Å²) in [5, 5.41) is 11.7. The van der Waals surface area contributed by atoms with E-state index in [9.17, 15) is 4.79 Å². The molecule has 0 unspecified atom stereocenters. The van der Waals surface area contributed by atoms with Crippen LogP contribution >= 0.6 is 0 Å². The van der Waals surface area contributed by atoms with Crippen LogP contribution in [0.3, 0.4) is 0 Å². The third-order valence-corrected chi connectivity index (χ3v) is 4.61. The Morgan fingerprint density at radius 2 is 1.92 bits per heavy atom. The van der Waals surface area contributed by atoms with Gasteiger partial charge in [0.15, 0.2) is 0 Å². The van der Waals surface area contributed by atoms with E-state index in [0.717, 1.165) is 48.1 Å². The summed E-state index contributed by atoms with van der Waals surface area (Å²) >= 11 is 0. The molecule has 2 aromatic carbocycles. The Bertz CT molecular complexity index is 835. The van der Waals surface area contributed by atoms with E-state index >= 15 is 0 Å². The number of piperidine rings is 1. The number of amides is 1. The molecule has 0 aliphatic carbocycles. The number of likely N-dealkylation sites (tertiary alicyclic amines) is 1. The molecule has 4 rings (SSSR count). The fourth-order valence-electron chi connectivity index (χ4n) is 3.26. The van der Waals surface area contributed by atoms with Crippen LogP contribution in [-0.4, -0.2) is 40.1 Å². The Labute approximate surface area is 140 Å². The largest absolute Gasteiger partial charge is 0.382 e. The summed E-state index contributed by atoms with van der Waals surface area (Å²) in [6.07, 6.45) is 3.76. The summed E-state index contributed by atoms with van der Waals surface area (Å²) < 4.78 is 0. The van der Waals surface area contributed by atoms with Gasteiger partial charge in [0.1, 0.15) is 0 Å². The molecular formula is C19H20N4O. The fourth-order valence-corrected chi connectivity index (χ4v) is 3.26. The molecule has 5 heteroatoms. The number of anilines is 1. The minimum Gasteiger partial charge on any atom is -0.382 e. The first-order chi connectivity index (χ1) is 11.8. The SMILES string of the molecule is O=C(c1ccccc1)N1CCC(Nc2ccc3[nH]ncc3c2)CC1. The van der Waals surface area contributed by atoms with Crippen molar-refractivity contribution in [3.63, 3.8) is 0 Å². The van der Waals surface area contributed by atoms with Crippen molar-refractivity contribution in [3.8, 4) is 0 Å². The molecule has 2 heterocycles. The van der Waals surface area contributed by atoms with Crippen molar-refractivity contribution >= 4 is 22.5 Å². The maximum absolute atomic E-state index is 12.5. The zero-order valence-electron chi connectivity index (χ0n) is 13.4. The van der Waals surface area contributed by atoms with E-state index in [-0.39, 0.29) is 5.91 Å². The predicted octanol–water partition coefficient (Wildman–Crippen LogP) is 3.28. The lowest BCUT2D eigenvalue weighted by Gasteiger charge is -2.33. The molecule has 2 N–H and O–H groups in total. The summed E-state index contributed by atoms with van der Waals surface area (Å²) in [6.45, 7) is 1.58. The van der Waals surface area contributed by atoms with Crippen molar-refractivity contribution in [3.05, 3.63) is 60.3 Å². The second-order valence-electron chi connectivity index (χ2n) is 6.25. The summed E-state index contributed by atoms with van der Waals surface area (Å²) in [7, 11) is 0. The Morgan fingerprint density at radius 1 is 1.12 bits per heavy atom. The van der Waals surface area contributed by atoms with Crippen molar-refractivity contribution in [2.24, 2.45) is 0 Å². The molecule has 122 valence electrons. The molecule has 24 heavy (non-hydrogen) atoms. The molecule has 3 aromatic rings. The number of rotatable bonds is 3. The van der Waals surface area contributed by atoms with E-state index in [0.29, 0.717) is 6.04 Å². The minimum absolute atomic E-state index is 0.133. The normalized spacial score (nSPS) is 15.6. The molecule has 0 radical (unpaired) electrons. The smallest absolute Gasteiger partial charge is 0.253 e. The molecule has 1 aliphatic rings. The van der Waals surface area contributed by atoms with Crippen molar-refractivity contribution in [2.45, 2.75) is 18.9 Å². The number of nitrogens with one attached hydrogen (secondary N) is 2. The molecule has 1 aromatic heterocycles. The number of H-pyrrole nitrogens is 1. The second-order valence-corrected chi connectivity index (χ2v) is 6.25. The topological polar surface area (TPSA) is 61.0 Å². The lowest BCUT2D eigenvalue weighted by Crippen LogP contribution is -2.42. The van der Waals surface area contributed by atoms with Gasteiger partial charge >= 0.3 is 0 Å². The maximum atomic E-state index is 12.5. The van der Waals surface area contributed by atoms with Gasteiger partial charge < -0.3 is 10.2 Å². The van der Waals surface area contributed by atoms with Crippen LogP contribution in [0, 0.1) is 0 Å². The summed E-state index contributed by atoms with van der Waals surface area (Å²) in [6, 6.07) is 16.1. The lowest BCUT2D eigenvalue weighted by molar-refractivity contribution is 0.0718. The highest BCUT2D eigenvalue weighted by Gasteiger charge is 2.23. The van der Waals surface area contributed by atoms with Crippen molar-refractivity contribution in [1.82, 2.24) is 15.1 Å². The standard InChI is InChI=1S/C19H20N4O/c24-19(14-4-2-1-3-5-14)23-10-8-16(9-11-23)21-17-6-7-18-15(12-17)13-20-22-18/h1-7,12-13,16,21H,8-11H2,(H,20,22). The number of carbonyl (C=O) groups is 1. The van der Waals surface area contributed by atoms with Crippen LogP contribution < -0.4 is 5.32 Å². The van der Waals surface area contributed by atoms with Gasteiger partial charge in [-0.05, 0) is 43.2 Å². The average molecular weight is 320 g/mol. The number of carbonyl (C=O) groups excluding carboxylic acids is 1. The van der Waals surface area contributed by atoms with Crippen LogP contribution in [0.25, 0.3) is 10.9 Å². The quantitative estimate of drug-likeness (QED) is 0.778. The van der Waals surface area contributed by atoms with Crippen LogP contribution in [0.4, 0.5) is 5.69 Å². The van der Waals surface area contributed by atoms with Crippen LogP contribution in [0.15, 0.2) is 54.7 Å². The Balaban J connectivity index is 1.36. The average Bonchev–Trinajstić information content (AvgIpc) is 3.10. The molecule has 1 amide bonds. The Hall–Kier alpha value is -2.82. The van der Waals surface area contributed by atoms with E-state index in [1.165, 1.54) is 0 Å². The number of nitrogens with zero attached hydrogens (tertiary/aromatic N) is 2. The lowest BCUT2D eigenvalue weighted by atomic mass is 10.0. The molecule has 1 aliphatic heterocycles. The first kappa shape index (κ1) is 14.8. The highest BCUT2D eigenvalue weighted by Crippen LogP contribution is 2.21. The number of benzene rings is 2. The van der Waals surface area contributed by atoms with E-state index in [2.05, 4.69) is 27.6 Å². The Morgan fingerprint density at radius 3 is 2.71 bits per heavy atom. The summed E-state index contributed by atoms with van der Waals surface area (Å²) in [5.74, 6) is 0.133. The third-order valence-electron chi connectivity index (χ3n) is 4.61. The number of hydrogen-bond donors (Lipinski definition) is 2. The van der Waals surface area contributed by atoms with Crippen molar-refractivity contribution < 1.29 is 4.79 Å². The van der Waals surface area contributed by atoms with Gasteiger partial charge in [0.05, 0.1) is 11.7 Å². The molecule has 5 nitrogen and oxygen atoms in total. The van der Waals surface area contributed by atoms with E-state index in [1.54, 1.807) is 0 Å². The summed E-state index contributed by atoms with van der Waals surface area (Å²) in [4.78, 5) is 14.4. The number of aromatic nitrogens is 2. The van der Waals surface area contributed by atoms with Crippen molar-refractivity contribution in [2.75, 3.05) is 18.4 Å². The van der Waals surface area contributed by atoms with Gasteiger partial charge in [-0.15, -0.1) is 0 Å². The van der Waals surface area contributed by atoms with Crippen LogP contribution in [0.5, 0.6) is 0 Å².